The van der Waals surface area contributed by atoms with Gasteiger partial charge in [0.1, 0.15) is 5.82 Å². The molecular weight excluding hydrogens is 307 g/mol. The Morgan fingerprint density at radius 2 is 1.83 bits per heavy atom. The molecule has 0 aliphatic heterocycles. The minimum absolute atomic E-state index is 0.137. The Kier molecular flexibility index (Phi) is 6.05. The van der Waals surface area contributed by atoms with Crippen molar-refractivity contribution in [2.45, 2.75) is 31.9 Å². The van der Waals surface area contributed by atoms with Crippen molar-refractivity contribution in [1.29, 1.82) is 5.26 Å². The number of nitrogens with zero attached hydrogens (tertiary/aromatic N) is 1. The standard InChI is InChI=1S/C19H19FN2O2/c1-13(19(24)15-6-8-17(20)9-7-15)22-18(23)12-16-5-3-2-4-14(16)10-11-21/h2-9,13,19,24H,10,12H2,1H3,(H,22,23). The second-order valence-corrected chi connectivity index (χ2v) is 5.63. The Balaban J connectivity index is 1.99. The van der Waals surface area contributed by atoms with Gasteiger partial charge in [0.05, 0.1) is 31.1 Å². The van der Waals surface area contributed by atoms with Crippen LogP contribution in [0, 0.1) is 17.1 Å². The van der Waals surface area contributed by atoms with E-state index in [1.165, 1.54) is 24.3 Å². The number of nitrogens with one attached hydrogen (secondary N) is 1. The number of benzene rings is 2. The SMILES string of the molecule is CC(NC(=O)Cc1ccccc1CC#N)C(O)c1ccc(F)cc1. The van der Waals surface area contributed by atoms with Gasteiger partial charge in [-0.15, -0.1) is 0 Å². The Bertz CT molecular complexity index is 738. The van der Waals surface area contributed by atoms with Crippen LogP contribution in [0.25, 0.3) is 0 Å². The van der Waals surface area contributed by atoms with Crippen LogP contribution >= 0.6 is 0 Å². The van der Waals surface area contributed by atoms with Crippen molar-refractivity contribution in [3.05, 3.63) is 71.0 Å². The molecule has 0 aliphatic carbocycles. The number of aliphatic hydroxyl groups is 1. The predicted molar refractivity (Wildman–Crippen MR) is 88.4 cm³/mol. The first-order valence-electron chi connectivity index (χ1n) is 7.68. The van der Waals surface area contributed by atoms with Crippen LogP contribution in [-0.4, -0.2) is 17.1 Å². The van der Waals surface area contributed by atoms with Crippen LogP contribution in [0.15, 0.2) is 48.5 Å². The average molecular weight is 326 g/mol. The zero-order chi connectivity index (χ0) is 17.5. The maximum Gasteiger partial charge on any atom is 0.224 e. The van der Waals surface area contributed by atoms with Crippen LogP contribution in [0.3, 0.4) is 0 Å². The molecule has 2 atom stereocenters. The third kappa shape index (κ3) is 4.64. The Morgan fingerprint density at radius 3 is 2.46 bits per heavy atom. The summed E-state index contributed by atoms with van der Waals surface area (Å²) in [6.45, 7) is 1.69. The van der Waals surface area contributed by atoms with Crippen LogP contribution in [0.4, 0.5) is 4.39 Å². The molecule has 2 aromatic carbocycles. The lowest BCUT2D eigenvalue weighted by atomic mass is 10.0. The van der Waals surface area contributed by atoms with E-state index in [0.717, 1.165) is 11.1 Å². The highest BCUT2D eigenvalue weighted by Crippen LogP contribution is 2.17. The zero-order valence-electron chi connectivity index (χ0n) is 13.4. The molecule has 4 nitrogen and oxygen atoms in total. The van der Waals surface area contributed by atoms with Gasteiger partial charge in [0.2, 0.25) is 5.91 Å². The molecule has 0 radical (unpaired) electrons. The fraction of sp³-hybridized carbons (Fsp3) is 0.263. The minimum Gasteiger partial charge on any atom is -0.386 e. The molecule has 24 heavy (non-hydrogen) atoms. The van der Waals surface area contributed by atoms with Crippen LogP contribution < -0.4 is 5.32 Å². The van der Waals surface area contributed by atoms with E-state index in [4.69, 9.17) is 5.26 Å². The zero-order valence-corrected chi connectivity index (χ0v) is 13.4. The number of carbonyl (C=O) groups is 1. The van der Waals surface area contributed by atoms with Crippen molar-refractivity contribution < 1.29 is 14.3 Å². The van der Waals surface area contributed by atoms with E-state index in [2.05, 4.69) is 11.4 Å². The molecule has 0 spiro atoms. The normalized spacial score (nSPS) is 12.9. The number of amides is 1. The number of hydrogen-bond donors (Lipinski definition) is 2. The molecule has 2 rings (SSSR count). The lowest BCUT2D eigenvalue weighted by Crippen LogP contribution is -2.38. The van der Waals surface area contributed by atoms with Crippen molar-refractivity contribution in [2.75, 3.05) is 0 Å². The van der Waals surface area contributed by atoms with E-state index in [9.17, 15) is 14.3 Å². The smallest absolute Gasteiger partial charge is 0.224 e. The fourth-order valence-corrected chi connectivity index (χ4v) is 2.49. The first kappa shape index (κ1) is 17.6. The number of carbonyl (C=O) groups excluding carboxylic acids is 1. The van der Waals surface area contributed by atoms with Gasteiger partial charge >= 0.3 is 0 Å². The Morgan fingerprint density at radius 1 is 1.21 bits per heavy atom. The molecule has 1 amide bonds. The van der Waals surface area contributed by atoms with Crippen molar-refractivity contribution in [1.82, 2.24) is 5.32 Å². The molecule has 0 bridgehead atoms. The summed E-state index contributed by atoms with van der Waals surface area (Å²) < 4.78 is 12.9. The van der Waals surface area contributed by atoms with Gasteiger partial charge in [-0.1, -0.05) is 36.4 Å². The molecular formula is C19H19FN2O2. The van der Waals surface area contributed by atoms with E-state index in [1.54, 1.807) is 6.92 Å². The summed E-state index contributed by atoms with van der Waals surface area (Å²) >= 11 is 0. The number of halogens is 1. The first-order chi connectivity index (χ1) is 11.5. The maximum atomic E-state index is 12.9. The molecule has 0 aliphatic rings. The number of rotatable bonds is 6. The van der Waals surface area contributed by atoms with Crippen LogP contribution in [0.5, 0.6) is 0 Å². The Hall–Kier alpha value is -2.71. The number of aliphatic hydroxyl groups excluding tert-OH is 1. The molecule has 0 saturated heterocycles. The summed E-state index contributed by atoms with van der Waals surface area (Å²) in [5.41, 5.74) is 2.15. The summed E-state index contributed by atoms with van der Waals surface area (Å²) in [5, 5.41) is 21.8. The third-order valence-corrected chi connectivity index (χ3v) is 3.81. The average Bonchev–Trinajstić information content (AvgIpc) is 2.57. The molecule has 124 valence electrons. The van der Waals surface area contributed by atoms with E-state index < -0.39 is 12.1 Å². The monoisotopic (exact) mass is 326 g/mol. The highest BCUT2D eigenvalue weighted by molar-refractivity contribution is 5.79. The summed E-state index contributed by atoms with van der Waals surface area (Å²) in [7, 11) is 0. The largest absolute Gasteiger partial charge is 0.386 e. The molecule has 5 heteroatoms. The lowest BCUT2D eigenvalue weighted by Gasteiger charge is -2.21. The third-order valence-electron chi connectivity index (χ3n) is 3.81. The highest BCUT2D eigenvalue weighted by atomic mass is 19.1. The molecule has 0 aromatic heterocycles. The minimum atomic E-state index is -0.927. The fourth-order valence-electron chi connectivity index (χ4n) is 2.49. The number of hydrogen-bond acceptors (Lipinski definition) is 3. The highest BCUT2D eigenvalue weighted by Gasteiger charge is 2.19. The van der Waals surface area contributed by atoms with E-state index in [-0.39, 0.29) is 24.6 Å². The Labute approximate surface area is 140 Å². The van der Waals surface area contributed by atoms with Crippen LogP contribution in [0.1, 0.15) is 29.7 Å². The molecule has 2 aromatic rings. The van der Waals surface area contributed by atoms with Gasteiger partial charge in [0, 0.05) is 0 Å². The van der Waals surface area contributed by atoms with Gasteiger partial charge < -0.3 is 10.4 Å². The summed E-state index contributed by atoms with van der Waals surface area (Å²) in [6, 6.07) is 14.4. The van der Waals surface area contributed by atoms with Crippen molar-refractivity contribution in [2.24, 2.45) is 0 Å². The summed E-state index contributed by atoms with van der Waals surface area (Å²) in [6.07, 6.45) is -0.542. The quantitative estimate of drug-likeness (QED) is 0.857. The lowest BCUT2D eigenvalue weighted by molar-refractivity contribution is -0.121. The second kappa shape index (κ2) is 8.23. The van der Waals surface area contributed by atoms with Crippen molar-refractivity contribution in [3.63, 3.8) is 0 Å². The van der Waals surface area contributed by atoms with Gasteiger partial charge in [-0.2, -0.15) is 5.26 Å². The van der Waals surface area contributed by atoms with Gasteiger partial charge in [0.25, 0.3) is 0 Å². The number of nitriles is 1. The van der Waals surface area contributed by atoms with Gasteiger partial charge in [-0.3, -0.25) is 4.79 Å². The molecule has 0 heterocycles. The van der Waals surface area contributed by atoms with Crippen LogP contribution in [-0.2, 0) is 17.6 Å². The van der Waals surface area contributed by atoms with E-state index in [0.29, 0.717) is 5.56 Å². The topological polar surface area (TPSA) is 73.1 Å². The van der Waals surface area contributed by atoms with Gasteiger partial charge in [-0.05, 0) is 35.7 Å². The summed E-state index contributed by atoms with van der Waals surface area (Å²) in [5.74, 6) is -0.620. The van der Waals surface area contributed by atoms with Crippen LogP contribution in [0.2, 0.25) is 0 Å². The van der Waals surface area contributed by atoms with Crippen molar-refractivity contribution in [3.8, 4) is 6.07 Å². The molecule has 2 unspecified atom stereocenters. The van der Waals surface area contributed by atoms with Crippen molar-refractivity contribution >= 4 is 5.91 Å². The maximum absolute atomic E-state index is 12.9. The van der Waals surface area contributed by atoms with E-state index >= 15 is 0 Å². The molecule has 0 saturated carbocycles. The van der Waals surface area contributed by atoms with E-state index in [1.807, 2.05) is 24.3 Å². The molecule has 2 N–H and O–H groups in total. The predicted octanol–water partition coefficient (Wildman–Crippen LogP) is 2.67. The first-order valence-corrected chi connectivity index (χ1v) is 7.68. The van der Waals surface area contributed by atoms with Gasteiger partial charge in [-0.25, -0.2) is 4.39 Å². The molecule has 0 fully saturated rings. The summed E-state index contributed by atoms with van der Waals surface area (Å²) in [4.78, 5) is 12.2. The second-order valence-electron chi connectivity index (χ2n) is 5.63. The van der Waals surface area contributed by atoms with Gasteiger partial charge in [0.15, 0.2) is 0 Å².